The lowest BCUT2D eigenvalue weighted by Crippen LogP contribution is -2.50. The number of hydrogen-bond donors (Lipinski definition) is 1. The second-order valence-electron chi connectivity index (χ2n) is 4.38. The quantitative estimate of drug-likeness (QED) is 0.889. The van der Waals surface area contributed by atoms with Gasteiger partial charge in [-0.2, -0.15) is 0 Å². The molecule has 2 heterocycles. The Morgan fingerprint density at radius 2 is 2.05 bits per heavy atom. The minimum absolute atomic E-state index is 0.0153. The van der Waals surface area contributed by atoms with Gasteiger partial charge in [-0.15, -0.1) is 11.3 Å². The molecule has 0 aromatic carbocycles. The number of amides is 2. The predicted molar refractivity (Wildman–Crippen MR) is 78.4 cm³/mol. The highest BCUT2D eigenvalue weighted by Gasteiger charge is 2.23. The van der Waals surface area contributed by atoms with Gasteiger partial charge in [0.2, 0.25) is 5.91 Å². The smallest absolute Gasteiger partial charge is 0.254 e. The highest BCUT2D eigenvalue weighted by molar-refractivity contribution is 9.11. The Balaban J connectivity index is 1.86. The average molecular weight is 346 g/mol. The Morgan fingerprint density at radius 1 is 1.37 bits per heavy atom. The largest absolute Gasteiger partial charge is 0.358 e. The van der Waals surface area contributed by atoms with Crippen molar-refractivity contribution in [2.45, 2.75) is 0 Å². The highest BCUT2D eigenvalue weighted by Crippen LogP contribution is 2.22. The van der Waals surface area contributed by atoms with Crippen LogP contribution < -0.4 is 5.32 Å². The molecule has 0 unspecified atom stereocenters. The molecule has 1 N–H and O–H groups in total. The van der Waals surface area contributed by atoms with Crippen LogP contribution in [0.3, 0.4) is 0 Å². The number of likely N-dealkylation sites (N-methyl/N-ethyl adjacent to an activating group) is 1. The monoisotopic (exact) mass is 345 g/mol. The van der Waals surface area contributed by atoms with E-state index in [0.29, 0.717) is 19.6 Å². The number of hydrogen-bond acceptors (Lipinski definition) is 4. The molecule has 1 saturated heterocycles. The van der Waals surface area contributed by atoms with E-state index in [1.165, 1.54) is 11.3 Å². The van der Waals surface area contributed by atoms with Gasteiger partial charge in [0.05, 0.1) is 15.9 Å². The van der Waals surface area contributed by atoms with E-state index < -0.39 is 0 Å². The number of nitrogens with zero attached hydrogens (tertiary/aromatic N) is 2. The number of halogens is 1. The minimum Gasteiger partial charge on any atom is -0.358 e. The van der Waals surface area contributed by atoms with Gasteiger partial charge < -0.3 is 10.2 Å². The molecule has 0 atom stereocenters. The molecule has 7 heteroatoms. The van der Waals surface area contributed by atoms with Gasteiger partial charge in [-0.05, 0) is 22.0 Å². The van der Waals surface area contributed by atoms with E-state index >= 15 is 0 Å². The lowest BCUT2D eigenvalue weighted by atomic mass is 10.2. The number of carbonyl (C=O) groups excluding carboxylic acids is 2. The van der Waals surface area contributed by atoms with Crippen molar-refractivity contribution in [1.29, 1.82) is 0 Å². The molecule has 0 bridgehead atoms. The van der Waals surface area contributed by atoms with Crippen molar-refractivity contribution in [2.24, 2.45) is 0 Å². The Kier molecular flexibility index (Phi) is 4.95. The molecule has 2 rings (SSSR count). The van der Waals surface area contributed by atoms with E-state index in [1.807, 2.05) is 16.3 Å². The van der Waals surface area contributed by atoms with Crippen molar-refractivity contribution < 1.29 is 9.59 Å². The number of carbonyl (C=O) groups is 2. The summed E-state index contributed by atoms with van der Waals surface area (Å²) in [5, 5.41) is 4.47. The van der Waals surface area contributed by atoms with Crippen LogP contribution >= 0.6 is 27.3 Å². The van der Waals surface area contributed by atoms with Crippen molar-refractivity contribution in [1.82, 2.24) is 15.1 Å². The van der Waals surface area contributed by atoms with Crippen LogP contribution in [0.15, 0.2) is 15.2 Å². The van der Waals surface area contributed by atoms with Crippen LogP contribution in [0.2, 0.25) is 0 Å². The molecular weight excluding hydrogens is 330 g/mol. The molecule has 1 aliphatic rings. The van der Waals surface area contributed by atoms with Crippen molar-refractivity contribution in [3.63, 3.8) is 0 Å². The molecule has 1 aromatic rings. The molecule has 5 nitrogen and oxygen atoms in total. The SMILES string of the molecule is CNC(=O)CN1CCN(C(=O)c2csc(Br)c2)CC1. The van der Waals surface area contributed by atoms with Gasteiger partial charge in [0.25, 0.3) is 5.91 Å². The van der Waals surface area contributed by atoms with Crippen molar-refractivity contribution in [2.75, 3.05) is 39.8 Å². The number of nitrogens with one attached hydrogen (secondary N) is 1. The van der Waals surface area contributed by atoms with Gasteiger partial charge in [0.15, 0.2) is 0 Å². The second kappa shape index (κ2) is 6.49. The van der Waals surface area contributed by atoms with E-state index in [9.17, 15) is 9.59 Å². The van der Waals surface area contributed by atoms with Crippen molar-refractivity contribution >= 4 is 39.1 Å². The third-order valence-corrected chi connectivity index (χ3v) is 4.62. The van der Waals surface area contributed by atoms with E-state index in [1.54, 1.807) is 7.05 Å². The van der Waals surface area contributed by atoms with Crippen LogP contribution in [0.25, 0.3) is 0 Å². The maximum Gasteiger partial charge on any atom is 0.254 e. The molecule has 2 amide bonds. The van der Waals surface area contributed by atoms with Gasteiger partial charge >= 0.3 is 0 Å². The number of thiophene rings is 1. The molecule has 0 saturated carbocycles. The molecule has 0 spiro atoms. The highest BCUT2D eigenvalue weighted by atomic mass is 79.9. The summed E-state index contributed by atoms with van der Waals surface area (Å²) >= 11 is 4.88. The Labute approximate surface area is 124 Å². The van der Waals surface area contributed by atoms with Crippen LogP contribution in [-0.2, 0) is 4.79 Å². The first-order chi connectivity index (χ1) is 9.10. The van der Waals surface area contributed by atoms with E-state index in [-0.39, 0.29) is 11.8 Å². The lowest BCUT2D eigenvalue weighted by Gasteiger charge is -2.34. The fourth-order valence-corrected chi connectivity index (χ4v) is 3.13. The summed E-state index contributed by atoms with van der Waals surface area (Å²) < 4.78 is 0.967. The number of piperazine rings is 1. The molecule has 19 heavy (non-hydrogen) atoms. The maximum atomic E-state index is 12.2. The zero-order chi connectivity index (χ0) is 13.8. The molecule has 0 aliphatic carbocycles. The molecular formula is C12H16BrN3O2S. The van der Waals surface area contributed by atoms with E-state index in [0.717, 1.165) is 22.4 Å². The summed E-state index contributed by atoms with van der Waals surface area (Å²) in [4.78, 5) is 27.4. The van der Waals surface area contributed by atoms with Crippen LogP contribution in [-0.4, -0.2) is 61.4 Å². The van der Waals surface area contributed by atoms with Crippen molar-refractivity contribution in [3.8, 4) is 0 Å². The average Bonchev–Trinajstić information content (AvgIpc) is 2.85. The Hall–Kier alpha value is -0.920. The maximum absolute atomic E-state index is 12.2. The first-order valence-corrected chi connectivity index (χ1v) is 7.73. The summed E-state index contributed by atoms with van der Waals surface area (Å²) in [5.74, 6) is 0.0862. The van der Waals surface area contributed by atoms with Gasteiger partial charge in [-0.1, -0.05) is 0 Å². The zero-order valence-corrected chi connectivity index (χ0v) is 13.1. The zero-order valence-electron chi connectivity index (χ0n) is 10.7. The summed E-state index contributed by atoms with van der Waals surface area (Å²) in [6, 6.07) is 1.85. The fraction of sp³-hybridized carbons (Fsp3) is 0.500. The first-order valence-electron chi connectivity index (χ1n) is 6.06. The molecule has 0 radical (unpaired) electrons. The van der Waals surface area contributed by atoms with Gasteiger partial charge in [0.1, 0.15) is 0 Å². The predicted octanol–water partition coefficient (Wildman–Crippen LogP) is 1.01. The summed E-state index contributed by atoms with van der Waals surface area (Å²) in [7, 11) is 1.64. The first kappa shape index (κ1) is 14.5. The van der Waals surface area contributed by atoms with Gasteiger partial charge in [0, 0.05) is 38.6 Å². The summed E-state index contributed by atoms with van der Waals surface area (Å²) in [5.41, 5.74) is 0.733. The third kappa shape index (κ3) is 3.77. The van der Waals surface area contributed by atoms with Crippen LogP contribution in [0.1, 0.15) is 10.4 Å². The Bertz CT molecular complexity index is 469. The Morgan fingerprint density at radius 3 is 2.58 bits per heavy atom. The van der Waals surface area contributed by atoms with Gasteiger partial charge in [-0.25, -0.2) is 0 Å². The summed E-state index contributed by atoms with van der Waals surface area (Å²) in [6.45, 7) is 3.23. The lowest BCUT2D eigenvalue weighted by molar-refractivity contribution is -0.122. The topological polar surface area (TPSA) is 52.7 Å². The van der Waals surface area contributed by atoms with Crippen molar-refractivity contribution in [3.05, 3.63) is 20.8 Å². The van der Waals surface area contributed by atoms with Crippen LogP contribution in [0, 0.1) is 0 Å². The standard InChI is InChI=1S/C12H16BrN3O2S/c1-14-11(17)7-15-2-4-16(5-3-15)12(18)9-6-10(13)19-8-9/h6,8H,2-5,7H2,1H3,(H,14,17). The molecule has 104 valence electrons. The fourth-order valence-electron chi connectivity index (χ4n) is 2.00. The second-order valence-corrected chi connectivity index (χ2v) is 6.67. The van der Waals surface area contributed by atoms with Gasteiger partial charge in [-0.3, -0.25) is 14.5 Å². The molecule has 1 fully saturated rings. The van der Waals surface area contributed by atoms with Crippen LogP contribution in [0.5, 0.6) is 0 Å². The van der Waals surface area contributed by atoms with E-state index in [2.05, 4.69) is 26.1 Å². The minimum atomic E-state index is 0.0153. The number of rotatable bonds is 3. The third-order valence-electron chi connectivity index (χ3n) is 3.12. The van der Waals surface area contributed by atoms with E-state index in [4.69, 9.17) is 0 Å². The normalized spacial score (nSPS) is 16.4. The molecule has 1 aliphatic heterocycles. The van der Waals surface area contributed by atoms with Crippen LogP contribution in [0.4, 0.5) is 0 Å². The molecule has 1 aromatic heterocycles. The summed E-state index contributed by atoms with van der Waals surface area (Å²) in [6.07, 6.45) is 0.